The number of aryl methyl sites for hydroxylation is 1. The number of aliphatic imine (C=N–C) groups is 1. The first kappa shape index (κ1) is 18.4. The molecule has 2 aromatic rings. The number of rotatable bonds is 5. The number of likely N-dealkylation sites (tertiary alicyclic amines) is 1. The lowest BCUT2D eigenvalue weighted by molar-refractivity contribution is 0.460. The van der Waals surface area contributed by atoms with Gasteiger partial charge in [-0.2, -0.15) is 5.10 Å². The lowest BCUT2D eigenvalue weighted by Gasteiger charge is -2.21. The first-order chi connectivity index (χ1) is 12.5. The summed E-state index contributed by atoms with van der Waals surface area (Å²) in [6, 6.07) is 3.71. The molecule has 1 aliphatic heterocycles. The molecule has 1 fully saturated rings. The van der Waals surface area contributed by atoms with Crippen molar-refractivity contribution in [3.05, 3.63) is 53.4 Å². The van der Waals surface area contributed by atoms with Gasteiger partial charge >= 0.3 is 0 Å². The second-order valence-corrected chi connectivity index (χ2v) is 6.79. The zero-order valence-corrected chi connectivity index (χ0v) is 15.3. The smallest absolute Gasteiger partial charge is 0.193 e. The summed E-state index contributed by atoms with van der Waals surface area (Å²) in [7, 11) is 3.69. The van der Waals surface area contributed by atoms with Gasteiger partial charge in [0.15, 0.2) is 5.96 Å². The summed E-state index contributed by atoms with van der Waals surface area (Å²) in [5, 5.41) is 7.51. The van der Waals surface area contributed by atoms with Crippen LogP contribution in [0.5, 0.6) is 0 Å². The fourth-order valence-corrected chi connectivity index (χ4v) is 3.47. The van der Waals surface area contributed by atoms with Crippen LogP contribution in [0.1, 0.15) is 17.5 Å². The monoisotopic (exact) mass is 361 g/mol. The second kappa shape index (κ2) is 8.29. The maximum atomic E-state index is 13.7. The minimum atomic E-state index is -0.549. The SMILES string of the molecule is CN=C(NCCc1ccc(F)cc1F)N1CCC(Cc2cnn(C)c2)C1. The Kier molecular flexibility index (Phi) is 5.85. The van der Waals surface area contributed by atoms with Crippen LogP contribution < -0.4 is 5.32 Å². The summed E-state index contributed by atoms with van der Waals surface area (Å²) in [4.78, 5) is 6.58. The Morgan fingerprint density at radius 3 is 2.92 bits per heavy atom. The Morgan fingerprint density at radius 2 is 2.23 bits per heavy atom. The maximum absolute atomic E-state index is 13.7. The van der Waals surface area contributed by atoms with Crippen molar-refractivity contribution in [3.63, 3.8) is 0 Å². The molecule has 1 aromatic carbocycles. The van der Waals surface area contributed by atoms with Crippen LogP contribution in [0.15, 0.2) is 35.6 Å². The zero-order valence-electron chi connectivity index (χ0n) is 15.3. The first-order valence-electron chi connectivity index (χ1n) is 8.92. The quantitative estimate of drug-likeness (QED) is 0.657. The third kappa shape index (κ3) is 4.59. The number of hydrogen-bond acceptors (Lipinski definition) is 2. The van der Waals surface area contributed by atoms with Crippen molar-refractivity contribution in [2.75, 3.05) is 26.7 Å². The van der Waals surface area contributed by atoms with Gasteiger partial charge in [-0.1, -0.05) is 6.07 Å². The van der Waals surface area contributed by atoms with E-state index in [4.69, 9.17) is 0 Å². The Labute approximate surface area is 152 Å². The van der Waals surface area contributed by atoms with Crippen molar-refractivity contribution in [2.45, 2.75) is 19.3 Å². The number of hydrogen-bond donors (Lipinski definition) is 1. The highest BCUT2D eigenvalue weighted by molar-refractivity contribution is 5.80. The van der Waals surface area contributed by atoms with Crippen LogP contribution in [-0.2, 0) is 19.9 Å². The van der Waals surface area contributed by atoms with E-state index < -0.39 is 11.6 Å². The van der Waals surface area contributed by atoms with Crippen molar-refractivity contribution in [2.24, 2.45) is 18.0 Å². The lowest BCUT2D eigenvalue weighted by Crippen LogP contribution is -2.41. The van der Waals surface area contributed by atoms with E-state index in [0.29, 0.717) is 24.4 Å². The van der Waals surface area contributed by atoms with E-state index in [1.807, 2.05) is 17.9 Å². The molecule has 1 aromatic heterocycles. The molecule has 0 radical (unpaired) electrons. The van der Waals surface area contributed by atoms with Crippen LogP contribution in [0.4, 0.5) is 8.78 Å². The van der Waals surface area contributed by atoms with Crippen LogP contribution in [0.3, 0.4) is 0 Å². The van der Waals surface area contributed by atoms with E-state index in [1.165, 1.54) is 17.7 Å². The van der Waals surface area contributed by atoms with E-state index in [-0.39, 0.29) is 0 Å². The summed E-state index contributed by atoms with van der Waals surface area (Å²) in [5.41, 5.74) is 1.76. The van der Waals surface area contributed by atoms with Gasteiger partial charge in [-0.25, -0.2) is 8.78 Å². The lowest BCUT2D eigenvalue weighted by atomic mass is 10.0. The van der Waals surface area contributed by atoms with Crippen molar-refractivity contribution < 1.29 is 8.78 Å². The van der Waals surface area contributed by atoms with Gasteiger partial charge in [0.05, 0.1) is 6.20 Å². The van der Waals surface area contributed by atoms with Crippen molar-refractivity contribution >= 4 is 5.96 Å². The largest absolute Gasteiger partial charge is 0.356 e. The molecule has 1 N–H and O–H groups in total. The average molecular weight is 361 g/mol. The molecule has 1 saturated heterocycles. The number of guanidine groups is 1. The molecule has 0 bridgehead atoms. The Balaban J connectivity index is 1.48. The summed E-state index contributed by atoms with van der Waals surface area (Å²) in [5.74, 6) is 0.361. The molecule has 0 spiro atoms. The molecular weight excluding hydrogens is 336 g/mol. The van der Waals surface area contributed by atoms with Gasteiger partial charge in [0.25, 0.3) is 0 Å². The first-order valence-corrected chi connectivity index (χ1v) is 8.92. The molecule has 0 aliphatic carbocycles. The van der Waals surface area contributed by atoms with Gasteiger partial charge < -0.3 is 10.2 Å². The molecule has 26 heavy (non-hydrogen) atoms. The normalized spacial score (nSPS) is 17.8. The molecule has 140 valence electrons. The van der Waals surface area contributed by atoms with E-state index in [2.05, 4.69) is 26.5 Å². The highest BCUT2D eigenvalue weighted by Gasteiger charge is 2.25. The second-order valence-electron chi connectivity index (χ2n) is 6.79. The molecule has 0 saturated carbocycles. The van der Waals surface area contributed by atoms with Gasteiger partial charge in [-0.15, -0.1) is 0 Å². The fraction of sp³-hybridized carbons (Fsp3) is 0.474. The van der Waals surface area contributed by atoms with Crippen LogP contribution >= 0.6 is 0 Å². The molecule has 2 heterocycles. The number of nitrogens with zero attached hydrogens (tertiary/aromatic N) is 4. The van der Waals surface area contributed by atoms with Crippen molar-refractivity contribution in [1.82, 2.24) is 20.0 Å². The van der Waals surface area contributed by atoms with Gasteiger partial charge in [0.2, 0.25) is 0 Å². The topological polar surface area (TPSA) is 45.5 Å². The zero-order chi connectivity index (χ0) is 18.5. The van der Waals surface area contributed by atoms with Crippen LogP contribution in [-0.4, -0.2) is 47.3 Å². The van der Waals surface area contributed by atoms with Crippen LogP contribution in [0.2, 0.25) is 0 Å². The van der Waals surface area contributed by atoms with E-state index in [9.17, 15) is 8.78 Å². The van der Waals surface area contributed by atoms with E-state index in [0.717, 1.165) is 38.0 Å². The highest BCUT2D eigenvalue weighted by Crippen LogP contribution is 2.20. The summed E-state index contributed by atoms with van der Waals surface area (Å²) >= 11 is 0. The summed E-state index contributed by atoms with van der Waals surface area (Å²) in [6.07, 6.45) is 6.60. The summed E-state index contributed by atoms with van der Waals surface area (Å²) < 4.78 is 28.5. The average Bonchev–Trinajstić information content (AvgIpc) is 3.23. The Morgan fingerprint density at radius 1 is 1.38 bits per heavy atom. The van der Waals surface area contributed by atoms with Crippen LogP contribution in [0.25, 0.3) is 0 Å². The minimum Gasteiger partial charge on any atom is -0.356 e. The van der Waals surface area contributed by atoms with Crippen molar-refractivity contribution in [1.29, 1.82) is 0 Å². The van der Waals surface area contributed by atoms with E-state index in [1.54, 1.807) is 7.05 Å². The number of nitrogens with one attached hydrogen (secondary N) is 1. The van der Waals surface area contributed by atoms with Crippen molar-refractivity contribution in [3.8, 4) is 0 Å². The molecule has 1 atom stereocenters. The Hall–Kier alpha value is -2.44. The molecule has 0 amide bonds. The van der Waals surface area contributed by atoms with Gasteiger partial charge in [-0.3, -0.25) is 9.67 Å². The van der Waals surface area contributed by atoms with Gasteiger partial charge in [0.1, 0.15) is 11.6 Å². The summed E-state index contributed by atoms with van der Waals surface area (Å²) in [6.45, 7) is 2.45. The third-order valence-electron chi connectivity index (χ3n) is 4.77. The van der Waals surface area contributed by atoms with E-state index >= 15 is 0 Å². The highest BCUT2D eigenvalue weighted by atomic mass is 19.1. The number of halogens is 2. The third-order valence-corrected chi connectivity index (χ3v) is 4.77. The molecule has 3 rings (SSSR count). The van der Waals surface area contributed by atoms with Crippen LogP contribution in [0, 0.1) is 17.6 Å². The van der Waals surface area contributed by atoms with Gasteiger partial charge in [0, 0.05) is 46.0 Å². The molecule has 7 heteroatoms. The molecule has 5 nitrogen and oxygen atoms in total. The predicted molar refractivity (Wildman–Crippen MR) is 98.0 cm³/mol. The number of aromatic nitrogens is 2. The Bertz CT molecular complexity index is 771. The standard InChI is InChI=1S/C19H25F2N5/c1-22-19(23-7-5-16-3-4-17(20)10-18(16)21)26-8-6-14(13-26)9-15-11-24-25(2)12-15/h3-4,10-12,14H,5-9,13H2,1-2H3,(H,22,23). The van der Waals surface area contributed by atoms with Gasteiger partial charge in [-0.05, 0) is 42.4 Å². The molecule has 1 aliphatic rings. The molecular formula is C19H25F2N5. The minimum absolute atomic E-state index is 0.484. The fourth-order valence-electron chi connectivity index (χ4n) is 3.47. The maximum Gasteiger partial charge on any atom is 0.193 e. The molecule has 1 unspecified atom stereocenters. The number of benzene rings is 1. The predicted octanol–water partition coefficient (Wildman–Crippen LogP) is 2.38.